The summed E-state index contributed by atoms with van der Waals surface area (Å²) in [6, 6.07) is 11.0. The molecule has 0 radical (unpaired) electrons. The normalized spacial score (nSPS) is 11.9. The molecular weight excluding hydrogens is 290 g/mol. The Kier molecular flexibility index (Phi) is 2.87. The van der Waals surface area contributed by atoms with Gasteiger partial charge < -0.3 is 10.7 Å². The van der Waals surface area contributed by atoms with Crippen molar-refractivity contribution in [2.75, 3.05) is 5.73 Å². The van der Waals surface area contributed by atoms with Gasteiger partial charge in [0.2, 0.25) is 0 Å². The third-order valence-electron chi connectivity index (χ3n) is 3.19. The predicted molar refractivity (Wildman–Crippen MR) is 80.7 cm³/mol. The van der Waals surface area contributed by atoms with Crippen molar-refractivity contribution in [3.63, 3.8) is 0 Å². The molecule has 0 fully saturated rings. The minimum absolute atomic E-state index is 0.0716. The number of benzene rings is 2. The van der Waals surface area contributed by atoms with Crippen molar-refractivity contribution in [1.29, 1.82) is 0 Å². The molecule has 3 rings (SSSR count). The van der Waals surface area contributed by atoms with E-state index < -0.39 is 15.7 Å². The molecule has 7 heteroatoms. The van der Waals surface area contributed by atoms with Gasteiger partial charge in [0.05, 0.1) is 15.9 Å². The third-order valence-corrected chi connectivity index (χ3v) is 4.89. The smallest absolute Gasteiger partial charge is 0.340 e. The number of nitrogens with one attached hydrogen (secondary N) is 1. The Bertz CT molecular complexity index is 1000. The summed E-state index contributed by atoms with van der Waals surface area (Å²) < 4.78 is 26.1. The number of anilines is 1. The number of H-pyrrole nitrogens is 1. The third kappa shape index (κ3) is 2.11. The number of nitrogens with two attached hydrogens (primary N) is 1. The predicted octanol–water partition coefficient (Wildman–Crippen LogP) is 1.46. The molecule has 1 heterocycles. The Hall–Kier alpha value is -2.54. The molecule has 1 aromatic heterocycles. The number of nitrogen functional groups attached to an aromatic ring is 1. The summed E-state index contributed by atoms with van der Waals surface area (Å²) in [4.78, 5) is 14.6. The molecule has 0 atom stereocenters. The van der Waals surface area contributed by atoms with Crippen LogP contribution in [-0.4, -0.2) is 17.4 Å². The van der Waals surface area contributed by atoms with Gasteiger partial charge in [0.15, 0.2) is 0 Å². The summed E-state index contributed by atoms with van der Waals surface area (Å²) in [5.74, 6) is 0. The van der Waals surface area contributed by atoms with Crippen LogP contribution in [-0.2, 0) is 10.0 Å². The summed E-state index contributed by atoms with van der Waals surface area (Å²) in [7, 11) is -3.96. The van der Waals surface area contributed by atoms with Crippen molar-refractivity contribution < 1.29 is 8.42 Å². The molecule has 3 aromatic rings. The molecule has 3 N–H and O–H groups in total. The number of fused-ring (bicyclic) bond motifs is 1. The van der Waals surface area contributed by atoms with Crippen LogP contribution in [0.1, 0.15) is 5.56 Å². The summed E-state index contributed by atoms with van der Waals surface area (Å²) in [6.07, 6.45) is 0. The van der Waals surface area contributed by atoms with Crippen LogP contribution in [0, 0.1) is 6.92 Å². The van der Waals surface area contributed by atoms with E-state index in [9.17, 15) is 13.2 Å². The molecule has 21 heavy (non-hydrogen) atoms. The van der Waals surface area contributed by atoms with Crippen LogP contribution in [0.15, 0.2) is 52.2 Å². The summed E-state index contributed by atoms with van der Waals surface area (Å²) in [5.41, 5.74) is 6.84. The lowest BCUT2D eigenvalue weighted by atomic mass is 10.2. The zero-order valence-electron chi connectivity index (χ0n) is 11.2. The largest absolute Gasteiger partial charge is 0.399 e. The van der Waals surface area contributed by atoms with Crippen LogP contribution in [0.25, 0.3) is 11.0 Å². The van der Waals surface area contributed by atoms with E-state index >= 15 is 0 Å². The Balaban J connectivity index is 2.34. The van der Waals surface area contributed by atoms with Gasteiger partial charge in [-0.3, -0.25) is 0 Å². The van der Waals surface area contributed by atoms with Gasteiger partial charge in [0.1, 0.15) is 0 Å². The first-order valence-electron chi connectivity index (χ1n) is 6.22. The molecule has 0 unspecified atom stereocenters. The first-order chi connectivity index (χ1) is 9.89. The highest BCUT2D eigenvalue weighted by atomic mass is 32.2. The lowest BCUT2D eigenvalue weighted by Gasteiger charge is -2.06. The Labute approximate surface area is 120 Å². The zero-order chi connectivity index (χ0) is 15.2. The van der Waals surface area contributed by atoms with Crippen molar-refractivity contribution in [3.05, 3.63) is 58.5 Å². The summed E-state index contributed by atoms with van der Waals surface area (Å²) in [5, 5.41) is 0. The van der Waals surface area contributed by atoms with Crippen molar-refractivity contribution >= 4 is 26.7 Å². The van der Waals surface area contributed by atoms with Gasteiger partial charge in [0, 0.05) is 5.69 Å². The van der Waals surface area contributed by atoms with Crippen LogP contribution in [0.2, 0.25) is 0 Å². The average Bonchev–Trinajstić information content (AvgIpc) is 2.74. The molecule has 0 bridgehead atoms. The van der Waals surface area contributed by atoms with E-state index in [0.717, 1.165) is 9.54 Å². The molecule has 0 aliphatic heterocycles. The average molecular weight is 303 g/mol. The molecule has 0 saturated heterocycles. The molecule has 0 aliphatic carbocycles. The maximum Gasteiger partial charge on any atom is 0.340 e. The number of hydrogen-bond acceptors (Lipinski definition) is 4. The second-order valence-electron chi connectivity index (χ2n) is 4.79. The van der Waals surface area contributed by atoms with E-state index in [1.54, 1.807) is 25.1 Å². The van der Waals surface area contributed by atoms with Crippen LogP contribution in [0.5, 0.6) is 0 Å². The SMILES string of the molecule is Cc1cccc(S(=O)(=O)n2c(=O)[nH]c3cc(N)ccc32)c1. The highest BCUT2D eigenvalue weighted by molar-refractivity contribution is 7.90. The van der Waals surface area contributed by atoms with Crippen molar-refractivity contribution in [2.24, 2.45) is 0 Å². The summed E-state index contributed by atoms with van der Waals surface area (Å²) in [6.45, 7) is 1.79. The number of aromatic nitrogens is 2. The van der Waals surface area contributed by atoms with E-state index in [4.69, 9.17) is 5.73 Å². The molecule has 0 aliphatic rings. The highest BCUT2D eigenvalue weighted by Crippen LogP contribution is 2.20. The minimum Gasteiger partial charge on any atom is -0.399 e. The van der Waals surface area contributed by atoms with Gasteiger partial charge in [0.25, 0.3) is 10.0 Å². The van der Waals surface area contributed by atoms with Crippen LogP contribution < -0.4 is 11.4 Å². The second kappa shape index (κ2) is 4.49. The molecule has 2 aromatic carbocycles. The quantitative estimate of drug-likeness (QED) is 0.700. The van der Waals surface area contributed by atoms with Gasteiger partial charge in [-0.2, -0.15) is 3.97 Å². The van der Waals surface area contributed by atoms with E-state index in [0.29, 0.717) is 11.2 Å². The molecular formula is C14H13N3O3S. The number of aryl methyl sites for hydroxylation is 1. The summed E-state index contributed by atoms with van der Waals surface area (Å²) >= 11 is 0. The van der Waals surface area contributed by atoms with E-state index in [2.05, 4.69) is 4.98 Å². The Morgan fingerprint density at radius 2 is 1.90 bits per heavy atom. The highest BCUT2D eigenvalue weighted by Gasteiger charge is 2.22. The van der Waals surface area contributed by atoms with Gasteiger partial charge in [-0.1, -0.05) is 12.1 Å². The molecule has 0 amide bonds. The first kappa shape index (κ1) is 13.4. The number of imidazole rings is 1. The fourth-order valence-electron chi connectivity index (χ4n) is 2.23. The number of aromatic amines is 1. The van der Waals surface area contributed by atoms with Crippen LogP contribution in [0.3, 0.4) is 0 Å². The molecule has 0 saturated carbocycles. The first-order valence-corrected chi connectivity index (χ1v) is 7.66. The van der Waals surface area contributed by atoms with Gasteiger partial charge in [-0.15, -0.1) is 0 Å². The van der Waals surface area contributed by atoms with Gasteiger partial charge in [-0.05, 0) is 42.8 Å². The standard InChI is InChI=1S/C14H13N3O3S/c1-9-3-2-4-11(7-9)21(19,20)17-13-6-5-10(15)8-12(13)16-14(17)18/h2-8H,15H2,1H3,(H,16,18). The van der Waals surface area contributed by atoms with Crippen molar-refractivity contribution in [1.82, 2.24) is 8.96 Å². The van der Waals surface area contributed by atoms with E-state index in [-0.39, 0.29) is 10.4 Å². The fraction of sp³-hybridized carbons (Fsp3) is 0.0714. The molecule has 0 spiro atoms. The van der Waals surface area contributed by atoms with E-state index in [1.165, 1.54) is 24.3 Å². The van der Waals surface area contributed by atoms with Crippen molar-refractivity contribution in [3.8, 4) is 0 Å². The minimum atomic E-state index is -3.96. The Morgan fingerprint density at radius 1 is 1.14 bits per heavy atom. The maximum atomic E-state index is 12.7. The lowest BCUT2D eigenvalue weighted by Crippen LogP contribution is -2.25. The number of rotatable bonds is 2. The van der Waals surface area contributed by atoms with Crippen molar-refractivity contribution in [2.45, 2.75) is 11.8 Å². The second-order valence-corrected chi connectivity index (χ2v) is 6.58. The number of hydrogen-bond donors (Lipinski definition) is 2. The van der Waals surface area contributed by atoms with Crippen LogP contribution >= 0.6 is 0 Å². The monoisotopic (exact) mass is 303 g/mol. The topological polar surface area (TPSA) is 98.0 Å². The molecule has 6 nitrogen and oxygen atoms in total. The maximum absolute atomic E-state index is 12.7. The zero-order valence-corrected chi connectivity index (χ0v) is 12.0. The Morgan fingerprint density at radius 3 is 2.62 bits per heavy atom. The van der Waals surface area contributed by atoms with Gasteiger partial charge >= 0.3 is 5.69 Å². The van der Waals surface area contributed by atoms with Gasteiger partial charge in [-0.25, -0.2) is 13.2 Å². The van der Waals surface area contributed by atoms with E-state index in [1.807, 2.05) is 0 Å². The number of nitrogens with zero attached hydrogens (tertiary/aromatic N) is 1. The lowest BCUT2D eigenvalue weighted by molar-refractivity contribution is 0.587. The fourth-order valence-corrected chi connectivity index (χ4v) is 3.70. The van der Waals surface area contributed by atoms with Crippen LogP contribution in [0.4, 0.5) is 5.69 Å². The molecule has 108 valence electrons.